The molecule has 72 valence electrons. The predicted octanol–water partition coefficient (Wildman–Crippen LogP) is 3.61. The summed E-state index contributed by atoms with van der Waals surface area (Å²) in [5.74, 6) is 0. The van der Waals surface area contributed by atoms with Crippen LogP contribution in [0.1, 0.15) is 18.1 Å². The van der Waals surface area contributed by atoms with Crippen LogP contribution in [0.4, 0.5) is 0 Å². The fourth-order valence-electron chi connectivity index (χ4n) is 1.16. The fourth-order valence-corrected chi connectivity index (χ4v) is 1.16. The molecular formula is C13H15N. The first-order valence-corrected chi connectivity index (χ1v) is 4.60. The Bertz CT molecular complexity index is 355. The lowest BCUT2D eigenvalue weighted by Gasteiger charge is -2.00. The lowest BCUT2D eigenvalue weighted by atomic mass is 10.1. The Morgan fingerprint density at radius 1 is 1.29 bits per heavy atom. The summed E-state index contributed by atoms with van der Waals surface area (Å²) in [6, 6.07) is 8.47. The Kier molecular flexibility index (Phi) is 3.86. The van der Waals surface area contributed by atoms with E-state index in [-0.39, 0.29) is 0 Å². The monoisotopic (exact) mass is 185 g/mol. The second-order valence-electron chi connectivity index (χ2n) is 3.24. The highest BCUT2D eigenvalue weighted by Gasteiger charge is 1.92. The van der Waals surface area contributed by atoms with Gasteiger partial charge >= 0.3 is 0 Å². The van der Waals surface area contributed by atoms with Gasteiger partial charge in [-0.05, 0) is 37.8 Å². The number of allylic oxidation sites excluding steroid dienone is 3. The van der Waals surface area contributed by atoms with E-state index in [0.29, 0.717) is 0 Å². The Balaban J connectivity index is 2.83. The van der Waals surface area contributed by atoms with Crippen molar-refractivity contribution in [3.8, 4) is 0 Å². The van der Waals surface area contributed by atoms with Crippen molar-refractivity contribution in [2.45, 2.75) is 13.8 Å². The summed E-state index contributed by atoms with van der Waals surface area (Å²) in [5.41, 5.74) is 3.75. The van der Waals surface area contributed by atoms with Crippen LogP contribution < -0.4 is 0 Å². The molecule has 1 nitrogen and oxygen atoms in total. The summed E-state index contributed by atoms with van der Waals surface area (Å²) < 4.78 is 0. The Hall–Kier alpha value is -1.63. The van der Waals surface area contributed by atoms with Gasteiger partial charge in [-0.1, -0.05) is 35.9 Å². The van der Waals surface area contributed by atoms with E-state index in [1.807, 2.05) is 12.2 Å². The summed E-state index contributed by atoms with van der Waals surface area (Å²) in [7, 11) is 0. The Morgan fingerprint density at radius 3 is 2.50 bits per heavy atom. The third-order valence-corrected chi connectivity index (χ3v) is 2.04. The van der Waals surface area contributed by atoms with Crippen LogP contribution in [0.3, 0.4) is 0 Å². The third kappa shape index (κ3) is 3.02. The zero-order valence-electron chi connectivity index (χ0n) is 8.70. The van der Waals surface area contributed by atoms with E-state index in [4.69, 9.17) is 0 Å². The van der Waals surface area contributed by atoms with Gasteiger partial charge in [0.25, 0.3) is 0 Å². The highest BCUT2D eigenvalue weighted by Crippen LogP contribution is 2.14. The number of rotatable bonds is 3. The minimum atomic E-state index is 1.23. The van der Waals surface area contributed by atoms with E-state index in [9.17, 15) is 0 Å². The van der Waals surface area contributed by atoms with Crippen LogP contribution in [0.25, 0.3) is 5.57 Å². The van der Waals surface area contributed by atoms with E-state index >= 15 is 0 Å². The van der Waals surface area contributed by atoms with Gasteiger partial charge in [-0.3, -0.25) is 4.99 Å². The van der Waals surface area contributed by atoms with Gasteiger partial charge in [-0.25, -0.2) is 0 Å². The number of hydrogen-bond acceptors (Lipinski definition) is 1. The minimum Gasteiger partial charge on any atom is -0.273 e. The molecular weight excluding hydrogens is 170 g/mol. The van der Waals surface area contributed by atoms with Crippen LogP contribution >= 0.6 is 0 Å². The van der Waals surface area contributed by atoms with Gasteiger partial charge < -0.3 is 0 Å². The van der Waals surface area contributed by atoms with Crippen molar-refractivity contribution in [3.63, 3.8) is 0 Å². The normalized spacial score (nSPS) is 12.0. The molecule has 0 saturated heterocycles. The topological polar surface area (TPSA) is 12.4 Å². The van der Waals surface area contributed by atoms with Crippen molar-refractivity contribution in [1.29, 1.82) is 0 Å². The smallest absolute Gasteiger partial charge is 0.0260 e. The first kappa shape index (κ1) is 10.5. The van der Waals surface area contributed by atoms with Crippen molar-refractivity contribution in [2.24, 2.45) is 4.99 Å². The molecule has 0 radical (unpaired) electrons. The maximum absolute atomic E-state index is 3.64. The quantitative estimate of drug-likeness (QED) is 0.504. The van der Waals surface area contributed by atoms with Crippen LogP contribution in [-0.4, -0.2) is 6.72 Å². The lowest BCUT2D eigenvalue weighted by Crippen LogP contribution is -1.79. The number of aliphatic imine (C=N–C) groups is 1. The second kappa shape index (κ2) is 5.18. The average molecular weight is 185 g/mol. The van der Waals surface area contributed by atoms with Gasteiger partial charge in [-0.15, -0.1) is 0 Å². The molecule has 1 aromatic rings. The Morgan fingerprint density at radius 2 is 1.93 bits per heavy atom. The fraction of sp³-hybridized carbons (Fsp3) is 0.154. The van der Waals surface area contributed by atoms with Gasteiger partial charge in [0.2, 0.25) is 0 Å². The van der Waals surface area contributed by atoms with Gasteiger partial charge in [0, 0.05) is 6.20 Å². The van der Waals surface area contributed by atoms with E-state index in [2.05, 4.69) is 49.8 Å². The molecule has 0 N–H and O–H groups in total. The molecule has 1 rings (SSSR count). The molecule has 0 aliphatic carbocycles. The van der Waals surface area contributed by atoms with Crippen LogP contribution in [-0.2, 0) is 0 Å². The molecule has 0 aliphatic rings. The summed E-state index contributed by atoms with van der Waals surface area (Å²) in [6.45, 7) is 7.54. The van der Waals surface area contributed by atoms with Gasteiger partial charge in [0.05, 0.1) is 0 Å². The molecule has 0 heterocycles. The predicted molar refractivity (Wildman–Crippen MR) is 63.5 cm³/mol. The molecule has 0 aliphatic heterocycles. The summed E-state index contributed by atoms with van der Waals surface area (Å²) >= 11 is 0. The summed E-state index contributed by atoms with van der Waals surface area (Å²) in [5, 5.41) is 0. The summed E-state index contributed by atoms with van der Waals surface area (Å²) in [4.78, 5) is 3.64. The zero-order chi connectivity index (χ0) is 10.4. The van der Waals surface area contributed by atoms with Crippen molar-refractivity contribution in [1.82, 2.24) is 0 Å². The van der Waals surface area contributed by atoms with Gasteiger partial charge in [0.15, 0.2) is 0 Å². The van der Waals surface area contributed by atoms with Crippen molar-refractivity contribution in [2.75, 3.05) is 0 Å². The number of benzene rings is 1. The zero-order valence-corrected chi connectivity index (χ0v) is 8.70. The van der Waals surface area contributed by atoms with Crippen LogP contribution in [0, 0.1) is 6.92 Å². The van der Waals surface area contributed by atoms with E-state index in [1.54, 1.807) is 6.20 Å². The van der Waals surface area contributed by atoms with Crippen LogP contribution in [0.2, 0.25) is 0 Å². The Labute approximate surface area is 85.5 Å². The van der Waals surface area contributed by atoms with Crippen LogP contribution in [0.15, 0.2) is 47.6 Å². The van der Waals surface area contributed by atoms with Crippen molar-refractivity contribution in [3.05, 3.63) is 53.7 Å². The highest BCUT2D eigenvalue weighted by atomic mass is 14.6. The minimum absolute atomic E-state index is 1.23. The molecule has 14 heavy (non-hydrogen) atoms. The summed E-state index contributed by atoms with van der Waals surface area (Å²) in [6.07, 6.45) is 5.60. The lowest BCUT2D eigenvalue weighted by molar-refractivity contribution is 1.44. The van der Waals surface area contributed by atoms with Crippen molar-refractivity contribution >= 4 is 12.3 Å². The maximum atomic E-state index is 3.64. The molecule has 0 unspecified atom stereocenters. The third-order valence-electron chi connectivity index (χ3n) is 2.04. The highest BCUT2D eigenvalue weighted by molar-refractivity contribution is 5.65. The molecule has 0 aromatic heterocycles. The van der Waals surface area contributed by atoms with Crippen molar-refractivity contribution < 1.29 is 0 Å². The first-order valence-electron chi connectivity index (χ1n) is 4.60. The van der Waals surface area contributed by atoms with Crippen LogP contribution in [0.5, 0.6) is 0 Å². The van der Waals surface area contributed by atoms with Gasteiger partial charge in [0.1, 0.15) is 0 Å². The number of aryl methyl sites for hydroxylation is 1. The molecule has 0 atom stereocenters. The standard InChI is InChI=1S/C13H15N/c1-11-6-8-13(9-7-11)12(2)5-4-10-14-3/h4-10H,3H2,1-2H3/b10-4-,12-5+. The molecule has 1 aromatic carbocycles. The SMILES string of the molecule is C=N/C=C\C=C(/C)c1ccc(C)cc1. The first-order chi connectivity index (χ1) is 6.74. The maximum Gasteiger partial charge on any atom is 0.0260 e. The van der Waals surface area contributed by atoms with E-state index < -0.39 is 0 Å². The second-order valence-corrected chi connectivity index (χ2v) is 3.24. The molecule has 0 bridgehead atoms. The molecule has 0 fully saturated rings. The number of nitrogens with zero attached hydrogens (tertiary/aromatic N) is 1. The molecule has 0 spiro atoms. The van der Waals surface area contributed by atoms with E-state index in [1.165, 1.54) is 16.7 Å². The molecule has 1 heteroatoms. The molecule has 0 amide bonds. The molecule has 0 saturated carbocycles. The largest absolute Gasteiger partial charge is 0.273 e. The van der Waals surface area contributed by atoms with Gasteiger partial charge in [-0.2, -0.15) is 0 Å². The van der Waals surface area contributed by atoms with E-state index in [0.717, 1.165) is 0 Å². The number of hydrogen-bond donors (Lipinski definition) is 0. The average Bonchev–Trinajstić information content (AvgIpc) is 2.19.